The lowest BCUT2D eigenvalue weighted by molar-refractivity contribution is -0.123. The van der Waals surface area contributed by atoms with Crippen LogP contribution in [0.25, 0.3) is 0 Å². The summed E-state index contributed by atoms with van der Waals surface area (Å²) in [6, 6.07) is 5.42. The van der Waals surface area contributed by atoms with Gasteiger partial charge in [-0.1, -0.05) is 11.6 Å². The molecule has 0 saturated carbocycles. The van der Waals surface area contributed by atoms with Crippen molar-refractivity contribution in [1.82, 2.24) is 15.5 Å². The van der Waals surface area contributed by atoms with Gasteiger partial charge in [0.05, 0.1) is 6.04 Å². The van der Waals surface area contributed by atoms with Gasteiger partial charge in [-0.3, -0.25) is 9.59 Å². The lowest BCUT2D eigenvalue weighted by Gasteiger charge is -2.33. The van der Waals surface area contributed by atoms with Crippen LogP contribution in [0.3, 0.4) is 0 Å². The Morgan fingerprint density at radius 1 is 1.27 bits per heavy atom. The van der Waals surface area contributed by atoms with Crippen LogP contribution in [0.2, 0.25) is 5.02 Å². The summed E-state index contributed by atoms with van der Waals surface area (Å²) in [5.74, 6) is 0.425. The van der Waals surface area contributed by atoms with Crippen LogP contribution >= 0.6 is 24.0 Å². The average molecular weight is 400 g/mol. The van der Waals surface area contributed by atoms with E-state index in [1.807, 2.05) is 24.0 Å². The zero-order valence-corrected chi connectivity index (χ0v) is 16.7. The van der Waals surface area contributed by atoms with Gasteiger partial charge in [0.15, 0.2) is 0 Å². The summed E-state index contributed by atoms with van der Waals surface area (Å²) in [5, 5.41) is 6.86. The van der Waals surface area contributed by atoms with Crippen molar-refractivity contribution < 1.29 is 9.59 Å². The van der Waals surface area contributed by atoms with Crippen molar-refractivity contribution in [3.8, 4) is 0 Å². The largest absolute Gasteiger partial charge is 0.354 e. The molecule has 0 aliphatic carbocycles. The SMILES string of the molecule is Cc1cc(Cl)cc(C(=O)N2CCCC(CNC(=O)C3CCCN3)C2)c1.Cl. The molecule has 5 nitrogen and oxygen atoms in total. The van der Waals surface area contributed by atoms with E-state index >= 15 is 0 Å². The zero-order valence-electron chi connectivity index (χ0n) is 15.1. The Morgan fingerprint density at radius 3 is 2.77 bits per heavy atom. The molecule has 1 aromatic carbocycles. The molecule has 1 aromatic rings. The summed E-state index contributed by atoms with van der Waals surface area (Å²) in [5.41, 5.74) is 1.63. The fraction of sp³-hybridized carbons (Fsp3) is 0.579. The topological polar surface area (TPSA) is 61.4 Å². The molecular formula is C19H27Cl2N3O2. The monoisotopic (exact) mass is 399 g/mol. The number of carbonyl (C=O) groups is 2. The molecule has 7 heteroatoms. The Kier molecular flexibility index (Phi) is 7.74. The lowest BCUT2D eigenvalue weighted by atomic mass is 9.97. The van der Waals surface area contributed by atoms with Crippen molar-refractivity contribution in [3.05, 3.63) is 34.3 Å². The number of aryl methyl sites for hydroxylation is 1. The number of piperidine rings is 1. The maximum absolute atomic E-state index is 12.8. The Balaban J connectivity index is 0.00000243. The van der Waals surface area contributed by atoms with Crippen molar-refractivity contribution in [2.45, 2.75) is 38.6 Å². The summed E-state index contributed by atoms with van der Waals surface area (Å²) in [6.45, 7) is 4.94. The van der Waals surface area contributed by atoms with Crippen LogP contribution in [0.15, 0.2) is 18.2 Å². The van der Waals surface area contributed by atoms with Gasteiger partial charge in [-0.15, -0.1) is 12.4 Å². The first-order chi connectivity index (χ1) is 12.0. The van der Waals surface area contributed by atoms with Gasteiger partial charge >= 0.3 is 0 Å². The van der Waals surface area contributed by atoms with Crippen molar-refractivity contribution in [2.24, 2.45) is 5.92 Å². The molecule has 0 aromatic heterocycles. The highest BCUT2D eigenvalue weighted by atomic mass is 35.5. The smallest absolute Gasteiger partial charge is 0.253 e. The van der Waals surface area contributed by atoms with E-state index in [1.165, 1.54) is 0 Å². The molecule has 26 heavy (non-hydrogen) atoms. The van der Waals surface area contributed by atoms with E-state index in [4.69, 9.17) is 11.6 Å². The molecule has 2 aliphatic heterocycles. The van der Waals surface area contributed by atoms with Crippen molar-refractivity contribution in [2.75, 3.05) is 26.2 Å². The Labute approximate surface area is 166 Å². The highest BCUT2D eigenvalue weighted by Crippen LogP contribution is 2.21. The van der Waals surface area contributed by atoms with Gasteiger partial charge in [-0.05, 0) is 68.8 Å². The highest BCUT2D eigenvalue weighted by Gasteiger charge is 2.27. The van der Waals surface area contributed by atoms with Crippen molar-refractivity contribution in [3.63, 3.8) is 0 Å². The lowest BCUT2D eigenvalue weighted by Crippen LogP contribution is -2.46. The van der Waals surface area contributed by atoms with Gasteiger partial charge in [0, 0.05) is 30.2 Å². The second kappa shape index (κ2) is 9.58. The number of benzene rings is 1. The summed E-state index contributed by atoms with van der Waals surface area (Å²) >= 11 is 6.08. The highest BCUT2D eigenvalue weighted by molar-refractivity contribution is 6.31. The van der Waals surface area contributed by atoms with Crippen LogP contribution < -0.4 is 10.6 Å². The second-order valence-corrected chi connectivity index (χ2v) is 7.61. The molecule has 2 saturated heterocycles. The minimum Gasteiger partial charge on any atom is -0.354 e. The predicted molar refractivity (Wildman–Crippen MR) is 106 cm³/mol. The third kappa shape index (κ3) is 5.35. The predicted octanol–water partition coefficient (Wildman–Crippen LogP) is 2.79. The maximum Gasteiger partial charge on any atom is 0.253 e. The van der Waals surface area contributed by atoms with Crippen molar-refractivity contribution in [1.29, 1.82) is 0 Å². The third-order valence-electron chi connectivity index (χ3n) is 5.04. The van der Waals surface area contributed by atoms with Gasteiger partial charge < -0.3 is 15.5 Å². The second-order valence-electron chi connectivity index (χ2n) is 7.17. The van der Waals surface area contributed by atoms with E-state index in [0.29, 0.717) is 29.6 Å². The molecule has 2 atom stereocenters. The van der Waals surface area contributed by atoms with Crippen LogP contribution in [0.5, 0.6) is 0 Å². The summed E-state index contributed by atoms with van der Waals surface area (Å²) in [7, 11) is 0. The first kappa shape index (κ1) is 21.0. The Hall–Kier alpha value is -1.30. The normalized spacial score (nSPS) is 22.6. The first-order valence-electron chi connectivity index (χ1n) is 9.10. The molecule has 0 radical (unpaired) electrons. The van der Waals surface area contributed by atoms with Crippen LogP contribution in [-0.2, 0) is 4.79 Å². The quantitative estimate of drug-likeness (QED) is 0.817. The van der Waals surface area contributed by atoms with Gasteiger partial charge in [0.2, 0.25) is 5.91 Å². The van der Waals surface area contributed by atoms with Crippen LogP contribution in [0, 0.1) is 12.8 Å². The fourth-order valence-electron chi connectivity index (χ4n) is 3.73. The standard InChI is InChI=1S/C19H26ClN3O2.ClH/c1-13-8-15(10-16(20)9-13)19(25)23-7-3-4-14(12-23)11-22-18(24)17-5-2-6-21-17;/h8-10,14,17,21H,2-7,11-12H2,1H3,(H,22,24);1H. The Bertz CT molecular complexity index is 627. The first-order valence-corrected chi connectivity index (χ1v) is 9.48. The van der Waals surface area contributed by atoms with Gasteiger partial charge in [0.25, 0.3) is 5.91 Å². The number of halogens is 2. The van der Waals surface area contributed by atoms with Crippen molar-refractivity contribution >= 4 is 35.8 Å². The molecule has 2 heterocycles. The molecule has 3 rings (SSSR count). The Morgan fingerprint density at radius 2 is 2.08 bits per heavy atom. The average Bonchev–Trinajstić information content (AvgIpc) is 3.13. The van der Waals surface area contributed by atoms with E-state index in [1.54, 1.807) is 6.07 Å². The summed E-state index contributed by atoms with van der Waals surface area (Å²) in [6.07, 6.45) is 3.97. The van der Waals surface area contributed by atoms with E-state index in [0.717, 1.165) is 44.3 Å². The number of nitrogens with zero attached hydrogens (tertiary/aromatic N) is 1. The van der Waals surface area contributed by atoms with E-state index in [2.05, 4.69) is 10.6 Å². The number of amides is 2. The molecule has 144 valence electrons. The van der Waals surface area contributed by atoms with E-state index in [9.17, 15) is 9.59 Å². The van der Waals surface area contributed by atoms with E-state index < -0.39 is 0 Å². The van der Waals surface area contributed by atoms with Crippen LogP contribution in [-0.4, -0.2) is 48.9 Å². The zero-order chi connectivity index (χ0) is 17.8. The van der Waals surface area contributed by atoms with Crippen LogP contribution in [0.1, 0.15) is 41.6 Å². The minimum absolute atomic E-state index is 0. The number of carbonyl (C=O) groups excluding carboxylic acids is 2. The molecule has 2 amide bonds. The number of hydrogen-bond acceptors (Lipinski definition) is 3. The van der Waals surface area contributed by atoms with Gasteiger partial charge in [-0.25, -0.2) is 0 Å². The maximum atomic E-state index is 12.8. The van der Waals surface area contributed by atoms with E-state index in [-0.39, 0.29) is 30.3 Å². The molecule has 2 aliphatic rings. The molecule has 0 spiro atoms. The molecule has 2 fully saturated rings. The van der Waals surface area contributed by atoms with Crippen LogP contribution in [0.4, 0.5) is 0 Å². The number of nitrogens with one attached hydrogen (secondary N) is 2. The molecular weight excluding hydrogens is 373 g/mol. The summed E-state index contributed by atoms with van der Waals surface area (Å²) in [4.78, 5) is 26.8. The minimum atomic E-state index is -0.0456. The third-order valence-corrected chi connectivity index (χ3v) is 5.26. The number of rotatable bonds is 4. The molecule has 0 bridgehead atoms. The van der Waals surface area contributed by atoms with Gasteiger partial charge in [0.1, 0.15) is 0 Å². The van der Waals surface area contributed by atoms with Gasteiger partial charge in [-0.2, -0.15) is 0 Å². The number of hydrogen-bond donors (Lipinski definition) is 2. The molecule has 2 unspecified atom stereocenters. The molecule has 2 N–H and O–H groups in total. The number of likely N-dealkylation sites (tertiary alicyclic amines) is 1. The summed E-state index contributed by atoms with van der Waals surface area (Å²) < 4.78 is 0. The fourth-order valence-corrected chi connectivity index (χ4v) is 4.02.